The Morgan fingerprint density at radius 3 is 2.65 bits per heavy atom. The van der Waals surface area contributed by atoms with Crippen molar-refractivity contribution in [2.24, 2.45) is 0 Å². The van der Waals surface area contributed by atoms with Gasteiger partial charge in [0.05, 0.1) is 6.33 Å². The van der Waals surface area contributed by atoms with Gasteiger partial charge >= 0.3 is 0 Å². The monoisotopic (exact) mass is 327 g/mol. The molecule has 0 radical (unpaired) electrons. The molecule has 1 saturated carbocycles. The van der Waals surface area contributed by atoms with E-state index in [1.807, 2.05) is 30.6 Å². The van der Waals surface area contributed by atoms with Gasteiger partial charge in [0.2, 0.25) is 0 Å². The largest absolute Gasteiger partial charge is 0.364 e. The van der Waals surface area contributed by atoms with E-state index in [1.54, 1.807) is 6.33 Å². The number of hydrogen-bond acceptors (Lipinski definition) is 4. The van der Waals surface area contributed by atoms with E-state index in [4.69, 9.17) is 11.6 Å². The summed E-state index contributed by atoms with van der Waals surface area (Å²) in [5.41, 5.74) is 2.91. The molecule has 118 valence electrons. The highest BCUT2D eigenvalue weighted by Crippen LogP contribution is 2.32. The van der Waals surface area contributed by atoms with E-state index in [0.29, 0.717) is 12.6 Å². The number of halogens is 1. The van der Waals surface area contributed by atoms with Crippen LogP contribution in [0.1, 0.15) is 37.3 Å². The van der Waals surface area contributed by atoms with Crippen LogP contribution in [-0.4, -0.2) is 19.5 Å². The number of fused-ring (bicyclic) bond motifs is 1. The molecule has 0 atom stereocenters. The fourth-order valence-electron chi connectivity index (χ4n) is 3.22. The molecule has 0 spiro atoms. The number of aromatic nitrogens is 4. The number of anilines is 1. The van der Waals surface area contributed by atoms with E-state index in [9.17, 15) is 0 Å². The molecular weight excluding hydrogens is 310 g/mol. The van der Waals surface area contributed by atoms with Gasteiger partial charge in [-0.25, -0.2) is 15.0 Å². The molecule has 0 bridgehead atoms. The lowest BCUT2D eigenvalue weighted by molar-refractivity contribution is 0.529. The average molecular weight is 328 g/mol. The molecule has 23 heavy (non-hydrogen) atoms. The maximum absolute atomic E-state index is 5.92. The predicted octanol–water partition coefficient (Wildman–Crippen LogP) is 4.21. The third kappa shape index (κ3) is 2.88. The van der Waals surface area contributed by atoms with Gasteiger partial charge in [0.25, 0.3) is 0 Å². The van der Waals surface area contributed by atoms with Gasteiger partial charge in [0, 0.05) is 17.6 Å². The van der Waals surface area contributed by atoms with Gasteiger partial charge in [-0.1, -0.05) is 36.6 Å². The first-order valence-electron chi connectivity index (χ1n) is 7.97. The summed E-state index contributed by atoms with van der Waals surface area (Å²) in [7, 11) is 0. The van der Waals surface area contributed by atoms with Gasteiger partial charge in [0.15, 0.2) is 11.5 Å². The minimum Gasteiger partial charge on any atom is -0.364 e. The number of hydrogen-bond donors (Lipinski definition) is 1. The van der Waals surface area contributed by atoms with Crippen molar-refractivity contribution in [3.05, 3.63) is 47.5 Å². The summed E-state index contributed by atoms with van der Waals surface area (Å²) in [5, 5.41) is 4.10. The Kier molecular flexibility index (Phi) is 3.87. The van der Waals surface area contributed by atoms with Crippen LogP contribution >= 0.6 is 11.6 Å². The Hall–Kier alpha value is -2.14. The summed E-state index contributed by atoms with van der Waals surface area (Å²) < 4.78 is 2.21. The van der Waals surface area contributed by atoms with Crippen molar-refractivity contribution in [1.29, 1.82) is 0 Å². The highest BCUT2D eigenvalue weighted by Gasteiger charge is 2.20. The molecule has 1 aliphatic rings. The quantitative estimate of drug-likeness (QED) is 0.780. The van der Waals surface area contributed by atoms with E-state index in [2.05, 4.69) is 24.8 Å². The Bertz CT molecular complexity index is 805. The highest BCUT2D eigenvalue weighted by atomic mass is 35.5. The molecule has 2 aromatic heterocycles. The molecule has 1 aromatic carbocycles. The van der Waals surface area contributed by atoms with Crippen LogP contribution in [0.5, 0.6) is 0 Å². The van der Waals surface area contributed by atoms with Crippen LogP contribution in [0.25, 0.3) is 11.2 Å². The number of imidazole rings is 1. The second-order valence-corrected chi connectivity index (χ2v) is 6.40. The molecule has 3 aromatic rings. The Balaban J connectivity index is 1.58. The van der Waals surface area contributed by atoms with Crippen LogP contribution in [-0.2, 0) is 6.54 Å². The fraction of sp³-hybridized carbons (Fsp3) is 0.353. The van der Waals surface area contributed by atoms with Crippen molar-refractivity contribution in [1.82, 2.24) is 19.5 Å². The predicted molar refractivity (Wildman–Crippen MR) is 91.6 cm³/mol. The smallest absolute Gasteiger partial charge is 0.165 e. The molecule has 0 unspecified atom stereocenters. The van der Waals surface area contributed by atoms with Gasteiger partial charge in [-0.2, -0.15) is 0 Å². The molecule has 4 rings (SSSR count). The van der Waals surface area contributed by atoms with Gasteiger partial charge < -0.3 is 9.88 Å². The maximum Gasteiger partial charge on any atom is 0.165 e. The van der Waals surface area contributed by atoms with E-state index >= 15 is 0 Å². The van der Waals surface area contributed by atoms with Gasteiger partial charge in [-0.3, -0.25) is 0 Å². The standard InChI is InChI=1S/C17H18ClN5/c18-13-7-5-12(6-8-13)9-19-16-15-17(21-10-20-16)23(11-22-15)14-3-1-2-4-14/h5-8,10-11,14H,1-4,9H2,(H,19,20,21). The zero-order valence-electron chi connectivity index (χ0n) is 12.7. The Morgan fingerprint density at radius 2 is 1.87 bits per heavy atom. The van der Waals surface area contributed by atoms with Crippen LogP contribution < -0.4 is 5.32 Å². The van der Waals surface area contributed by atoms with Crippen LogP contribution in [0.3, 0.4) is 0 Å². The first kappa shape index (κ1) is 14.5. The second-order valence-electron chi connectivity index (χ2n) is 5.96. The third-order valence-corrected chi connectivity index (χ3v) is 4.70. The Morgan fingerprint density at radius 1 is 1.09 bits per heavy atom. The van der Waals surface area contributed by atoms with Gasteiger partial charge in [-0.05, 0) is 30.5 Å². The van der Waals surface area contributed by atoms with Crippen LogP contribution in [0.2, 0.25) is 5.02 Å². The minimum atomic E-state index is 0.527. The molecule has 0 amide bonds. The molecular formula is C17H18ClN5. The van der Waals surface area contributed by atoms with Crippen LogP contribution in [0.15, 0.2) is 36.9 Å². The molecule has 0 aliphatic heterocycles. The van der Waals surface area contributed by atoms with Gasteiger partial charge in [0.1, 0.15) is 11.8 Å². The molecule has 1 aliphatic carbocycles. The topological polar surface area (TPSA) is 55.6 Å². The SMILES string of the molecule is Clc1ccc(CNc2ncnc3c2ncn3C2CCCC2)cc1. The van der Waals surface area contributed by atoms with Crippen molar-refractivity contribution in [3.63, 3.8) is 0 Å². The molecule has 6 heteroatoms. The number of benzene rings is 1. The van der Waals surface area contributed by atoms with E-state index < -0.39 is 0 Å². The molecule has 1 N–H and O–H groups in total. The molecule has 0 saturated heterocycles. The fourth-order valence-corrected chi connectivity index (χ4v) is 3.34. The normalized spacial score (nSPS) is 15.3. The first-order chi connectivity index (χ1) is 11.3. The number of nitrogens with one attached hydrogen (secondary N) is 1. The van der Waals surface area contributed by atoms with Crippen molar-refractivity contribution >= 4 is 28.6 Å². The third-order valence-electron chi connectivity index (χ3n) is 4.45. The maximum atomic E-state index is 5.92. The average Bonchev–Trinajstić information content (AvgIpc) is 3.23. The lowest BCUT2D eigenvalue weighted by atomic mass is 10.2. The molecule has 5 nitrogen and oxygen atoms in total. The Labute approximate surface area is 139 Å². The van der Waals surface area contributed by atoms with Crippen molar-refractivity contribution < 1.29 is 0 Å². The van der Waals surface area contributed by atoms with Crippen molar-refractivity contribution in [2.45, 2.75) is 38.3 Å². The zero-order valence-corrected chi connectivity index (χ0v) is 13.5. The number of rotatable bonds is 4. The minimum absolute atomic E-state index is 0.527. The van der Waals surface area contributed by atoms with E-state index in [0.717, 1.165) is 27.6 Å². The summed E-state index contributed by atoms with van der Waals surface area (Å²) >= 11 is 5.92. The van der Waals surface area contributed by atoms with E-state index in [1.165, 1.54) is 25.7 Å². The summed E-state index contributed by atoms with van der Waals surface area (Å²) in [6.45, 7) is 0.680. The van der Waals surface area contributed by atoms with Crippen LogP contribution in [0.4, 0.5) is 5.82 Å². The summed E-state index contributed by atoms with van der Waals surface area (Å²) in [4.78, 5) is 13.3. The van der Waals surface area contributed by atoms with Gasteiger partial charge in [-0.15, -0.1) is 0 Å². The summed E-state index contributed by atoms with van der Waals surface area (Å²) in [6, 6.07) is 8.32. The first-order valence-corrected chi connectivity index (χ1v) is 8.35. The molecule has 1 fully saturated rings. The van der Waals surface area contributed by atoms with Crippen molar-refractivity contribution in [2.75, 3.05) is 5.32 Å². The van der Waals surface area contributed by atoms with Crippen molar-refractivity contribution in [3.8, 4) is 0 Å². The number of nitrogens with zero attached hydrogens (tertiary/aromatic N) is 4. The summed E-state index contributed by atoms with van der Waals surface area (Å²) in [6.07, 6.45) is 8.52. The molecule has 2 heterocycles. The highest BCUT2D eigenvalue weighted by molar-refractivity contribution is 6.30. The lowest BCUT2D eigenvalue weighted by Gasteiger charge is -2.11. The lowest BCUT2D eigenvalue weighted by Crippen LogP contribution is -2.05. The zero-order chi connectivity index (χ0) is 15.6. The van der Waals surface area contributed by atoms with Crippen LogP contribution in [0, 0.1) is 0 Å². The summed E-state index contributed by atoms with van der Waals surface area (Å²) in [5.74, 6) is 0.779. The second kappa shape index (κ2) is 6.16. The van der Waals surface area contributed by atoms with E-state index in [-0.39, 0.29) is 0 Å².